The van der Waals surface area contributed by atoms with Crippen molar-refractivity contribution >= 4 is 23.4 Å². The normalized spacial score (nSPS) is 18.6. The van der Waals surface area contributed by atoms with Crippen LogP contribution >= 0.6 is 11.8 Å². The number of hydrogen-bond donors (Lipinski definition) is 0. The summed E-state index contributed by atoms with van der Waals surface area (Å²) in [5.41, 5.74) is -1.11. The van der Waals surface area contributed by atoms with Crippen LogP contribution in [0, 0.1) is 21.7 Å². The van der Waals surface area contributed by atoms with Gasteiger partial charge in [-0.3, -0.25) is 14.9 Å². The van der Waals surface area contributed by atoms with Crippen LogP contribution in [-0.2, 0) is 0 Å². The molecule has 1 aromatic rings. The molecular formula is C13H14F2N2O3S. The van der Waals surface area contributed by atoms with Gasteiger partial charge in [0.05, 0.1) is 11.0 Å². The minimum atomic E-state index is -1.33. The second-order valence-electron chi connectivity index (χ2n) is 4.69. The topological polar surface area (TPSA) is 63.5 Å². The SMILES string of the molecule is CCC1CN(C(=O)c2cc(F)c(F)cc2[N+](=O)[O-])CCS1. The summed E-state index contributed by atoms with van der Waals surface area (Å²) in [6.07, 6.45) is 0.869. The summed E-state index contributed by atoms with van der Waals surface area (Å²) < 4.78 is 26.5. The van der Waals surface area contributed by atoms with Gasteiger partial charge in [0.1, 0.15) is 5.56 Å². The molecule has 8 heteroatoms. The molecule has 5 nitrogen and oxygen atoms in total. The van der Waals surface area contributed by atoms with E-state index in [0.29, 0.717) is 25.2 Å². The van der Waals surface area contributed by atoms with Crippen LogP contribution < -0.4 is 0 Å². The molecule has 0 saturated carbocycles. The molecule has 1 aliphatic rings. The van der Waals surface area contributed by atoms with Crippen LogP contribution in [0.1, 0.15) is 23.7 Å². The van der Waals surface area contributed by atoms with Gasteiger partial charge < -0.3 is 4.90 Å². The quantitative estimate of drug-likeness (QED) is 0.635. The van der Waals surface area contributed by atoms with Gasteiger partial charge in [0.15, 0.2) is 11.6 Å². The second-order valence-corrected chi connectivity index (χ2v) is 6.10. The molecule has 1 fully saturated rings. The maximum absolute atomic E-state index is 13.3. The molecule has 1 aromatic carbocycles. The lowest BCUT2D eigenvalue weighted by Crippen LogP contribution is -2.42. The van der Waals surface area contributed by atoms with E-state index >= 15 is 0 Å². The number of nitro groups is 1. The average Bonchev–Trinajstić information content (AvgIpc) is 2.48. The minimum Gasteiger partial charge on any atom is -0.336 e. The Morgan fingerprint density at radius 3 is 2.76 bits per heavy atom. The van der Waals surface area contributed by atoms with Gasteiger partial charge in [-0.1, -0.05) is 6.92 Å². The molecule has 0 spiro atoms. The first-order chi connectivity index (χ1) is 9.93. The van der Waals surface area contributed by atoms with Crippen molar-refractivity contribution in [2.75, 3.05) is 18.8 Å². The number of nitro benzene ring substituents is 1. The fraction of sp³-hybridized carbons (Fsp3) is 0.462. The predicted molar refractivity (Wildman–Crippen MR) is 75.5 cm³/mol. The maximum atomic E-state index is 13.3. The summed E-state index contributed by atoms with van der Waals surface area (Å²) in [4.78, 5) is 23.9. The van der Waals surface area contributed by atoms with Gasteiger partial charge in [-0.15, -0.1) is 0 Å². The first-order valence-electron chi connectivity index (χ1n) is 6.48. The van der Waals surface area contributed by atoms with Crippen LogP contribution in [0.25, 0.3) is 0 Å². The lowest BCUT2D eigenvalue weighted by atomic mass is 10.1. The Hall–Kier alpha value is -1.70. The summed E-state index contributed by atoms with van der Waals surface area (Å²) in [7, 11) is 0. The molecule has 1 heterocycles. The lowest BCUT2D eigenvalue weighted by molar-refractivity contribution is -0.385. The maximum Gasteiger partial charge on any atom is 0.285 e. The third-order valence-corrected chi connectivity index (χ3v) is 4.72. The molecule has 0 N–H and O–H groups in total. The van der Waals surface area contributed by atoms with E-state index in [9.17, 15) is 23.7 Å². The minimum absolute atomic E-state index is 0.257. The van der Waals surface area contributed by atoms with Crippen LogP contribution in [0.4, 0.5) is 14.5 Å². The first kappa shape index (κ1) is 15.7. The van der Waals surface area contributed by atoms with Crippen molar-refractivity contribution < 1.29 is 18.5 Å². The van der Waals surface area contributed by atoms with Crippen LogP contribution in [-0.4, -0.2) is 39.8 Å². The van der Waals surface area contributed by atoms with E-state index in [4.69, 9.17) is 0 Å². The molecule has 1 aliphatic heterocycles. The Labute approximate surface area is 124 Å². The smallest absolute Gasteiger partial charge is 0.285 e. The van der Waals surface area contributed by atoms with Gasteiger partial charge in [0, 0.05) is 24.1 Å². The summed E-state index contributed by atoms with van der Waals surface area (Å²) in [6.45, 7) is 2.89. The monoisotopic (exact) mass is 316 g/mol. The van der Waals surface area contributed by atoms with Crippen molar-refractivity contribution in [2.45, 2.75) is 18.6 Å². The highest BCUT2D eigenvalue weighted by Gasteiger charge is 2.30. The summed E-state index contributed by atoms with van der Waals surface area (Å²) >= 11 is 1.73. The number of amides is 1. The molecule has 114 valence electrons. The van der Waals surface area contributed by atoms with Gasteiger partial charge in [0.2, 0.25) is 0 Å². The number of carbonyl (C=O) groups excluding carboxylic acids is 1. The number of carbonyl (C=O) groups is 1. The number of benzene rings is 1. The zero-order valence-electron chi connectivity index (χ0n) is 11.3. The Kier molecular flexibility index (Phi) is 4.76. The number of nitrogens with zero attached hydrogens (tertiary/aromatic N) is 2. The van der Waals surface area contributed by atoms with Crippen molar-refractivity contribution in [2.24, 2.45) is 0 Å². The van der Waals surface area contributed by atoms with Crippen LogP contribution in [0.5, 0.6) is 0 Å². The van der Waals surface area contributed by atoms with E-state index < -0.39 is 33.7 Å². The van der Waals surface area contributed by atoms with Crippen molar-refractivity contribution in [3.05, 3.63) is 39.4 Å². The zero-order chi connectivity index (χ0) is 15.6. The molecule has 1 saturated heterocycles. The molecule has 0 bridgehead atoms. The first-order valence-corrected chi connectivity index (χ1v) is 7.53. The zero-order valence-corrected chi connectivity index (χ0v) is 12.2. The number of hydrogen-bond acceptors (Lipinski definition) is 4. The Morgan fingerprint density at radius 1 is 1.48 bits per heavy atom. The van der Waals surface area contributed by atoms with Crippen molar-refractivity contribution in [3.63, 3.8) is 0 Å². The molecule has 2 rings (SSSR count). The third kappa shape index (κ3) is 3.31. The van der Waals surface area contributed by atoms with Gasteiger partial charge in [-0.25, -0.2) is 8.78 Å². The molecule has 0 aliphatic carbocycles. The van der Waals surface area contributed by atoms with Crippen LogP contribution in [0.2, 0.25) is 0 Å². The molecule has 1 amide bonds. The molecule has 21 heavy (non-hydrogen) atoms. The van der Waals surface area contributed by atoms with E-state index in [1.165, 1.54) is 4.90 Å². The third-order valence-electron chi connectivity index (χ3n) is 3.35. The van der Waals surface area contributed by atoms with Crippen molar-refractivity contribution in [3.8, 4) is 0 Å². The van der Waals surface area contributed by atoms with Crippen LogP contribution in [0.15, 0.2) is 12.1 Å². The fourth-order valence-electron chi connectivity index (χ4n) is 2.18. The fourth-order valence-corrected chi connectivity index (χ4v) is 3.36. The van der Waals surface area contributed by atoms with Crippen molar-refractivity contribution in [1.82, 2.24) is 4.90 Å². The summed E-state index contributed by atoms with van der Waals surface area (Å²) in [5, 5.41) is 11.2. The van der Waals surface area contributed by atoms with Gasteiger partial charge in [-0.2, -0.15) is 11.8 Å². The summed E-state index contributed by atoms with van der Waals surface area (Å²) in [6, 6.07) is 1.07. The molecule has 0 aromatic heterocycles. The lowest BCUT2D eigenvalue weighted by Gasteiger charge is -2.31. The van der Waals surface area contributed by atoms with E-state index in [2.05, 4.69) is 0 Å². The average molecular weight is 316 g/mol. The van der Waals surface area contributed by atoms with E-state index in [0.717, 1.165) is 12.2 Å². The number of rotatable bonds is 3. The molecule has 1 unspecified atom stereocenters. The van der Waals surface area contributed by atoms with Crippen LogP contribution in [0.3, 0.4) is 0 Å². The highest BCUT2D eigenvalue weighted by Crippen LogP contribution is 2.27. The Balaban J connectivity index is 2.34. The highest BCUT2D eigenvalue weighted by molar-refractivity contribution is 8.00. The van der Waals surface area contributed by atoms with E-state index in [1.807, 2.05) is 6.92 Å². The molecule has 0 radical (unpaired) electrons. The van der Waals surface area contributed by atoms with Gasteiger partial charge >= 0.3 is 0 Å². The Morgan fingerprint density at radius 2 is 2.14 bits per heavy atom. The van der Waals surface area contributed by atoms with E-state index in [-0.39, 0.29) is 5.25 Å². The van der Waals surface area contributed by atoms with Crippen molar-refractivity contribution in [1.29, 1.82) is 0 Å². The second kappa shape index (κ2) is 6.38. The number of thioether (sulfide) groups is 1. The van der Waals surface area contributed by atoms with E-state index in [1.54, 1.807) is 11.8 Å². The van der Waals surface area contributed by atoms with Gasteiger partial charge in [-0.05, 0) is 12.5 Å². The summed E-state index contributed by atoms with van der Waals surface area (Å²) in [5.74, 6) is -2.50. The van der Waals surface area contributed by atoms with Gasteiger partial charge in [0.25, 0.3) is 11.6 Å². The largest absolute Gasteiger partial charge is 0.336 e. The molecular weight excluding hydrogens is 302 g/mol. The number of halogens is 2. The predicted octanol–water partition coefficient (Wildman–Crippen LogP) is 2.84. The standard InChI is InChI=1S/C13H14F2N2O3S/c1-2-8-7-16(3-4-21-8)13(18)9-5-10(14)11(15)6-12(9)17(19)20/h5-6,8H,2-4,7H2,1H3. The highest BCUT2D eigenvalue weighted by atomic mass is 32.2. The molecule has 1 atom stereocenters. The Bertz CT molecular complexity index is 583.